The Kier molecular flexibility index (Phi) is 6.08. The van der Waals surface area contributed by atoms with E-state index in [4.69, 9.17) is 9.26 Å². The van der Waals surface area contributed by atoms with E-state index in [9.17, 15) is 9.18 Å². The maximum Gasteiger partial charge on any atom is 0.414 e. The summed E-state index contributed by atoms with van der Waals surface area (Å²) in [6.45, 7) is 3.98. The molecule has 0 bridgehead atoms. The standard InChI is InChI=1S/C25H28FN3O3/c26-20-8-9-21-23(17-20)32-27-24(21)19-10-14-28(15-11-19)12-4-16-31-25(30)29-13-3-6-18-5-1-2-7-22(18)29/h1-2,5,7-9,17,19H,3-4,6,10-16H2. The van der Waals surface area contributed by atoms with E-state index in [1.807, 2.05) is 18.2 Å². The van der Waals surface area contributed by atoms with Crippen LogP contribution < -0.4 is 4.90 Å². The number of halogens is 1. The van der Waals surface area contributed by atoms with Crippen LogP contribution in [0.3, 0.4) is 0 Å². The number of likely N-dealkylation sites (tertiary alicyclic amines) is 1. The molecule has 0 unspecified atom stereocenters. The Bertz CT molecular complexity index is 1090. The van der Waals surface area contributed by atoms with Gasteiger partial charge in [0.2, 0.25) is 0 Å². The lowest BCUT2D eigenvalue weighted by Gasteiger charge is -2.31. The second-order valence-corrected chi connectivity index (χ2v) is 8.68. The molecule has 0 aliphatic carbocycles. The van der Waals surface area contributed by atoms with Crippen molar-refractivity contribution in [3.05, 3.63) is 59.5 Å². The fraction of sp³-hybridized carbons (Fsp3) is 0.440. The van der Waals surface area contributed by atoms with Crippen molar-refractivity contribution in [3.63, 3.8) is 0 Å². The van der Waals surface area contributed by atoms with E-state index in [1.165, 1.54) is 17.7 Å². The minimum absolute atomic E-state index is 0.245. The number of aryl methyl sites for hydroxylation is 1. The highest BCUT2D eigenvalue weighted by Crippen LogP contribution is 2.33. The highest BCUT2D eigenvalue weighted by Gasteiger charge is 2.26. The number of aromatic nitrogens is 1. The maximum absolute atomic E-state index is 13.4. The van der Waals surface area contributed by atoms with Gasteiger partial charge in [0, 0.05) is 30.5 Å². The smallest absolute Gasteiger partial charge is 0.414 e. The van der Waals surface area contributed by atoms with Crippen LogP contribution in [0.25, 0.3) is 11.0 Å². The highest BCUT2D eigenvalue weighted by molar-refractivity contribution is 5.89. The summed E-state index contributed by atoms with van der Waals surface area (Å²) in [4.78, 5) is 16.7. The summed E-state index contributed by atoms with van der Waals surface area (Å²) >= 11 is 0. The third-order valence-electron chi connectivity index (χ3n) is 6.61. The highest BCUT2D eigenvalue weighted by atomic mass is 19.1. The van der Waals surface area contributed by atoms with Gasteiger partial charge in [0.25, 0.3) is 0 Å². The molecule has 6 nitrogen and oxygen atoms in total. The van der Waals surface area contributed by atoms with Crippen molar-refractivity contribution in [1.82, 2.24) is 10.1 Å². The summed E-state index contributed by atoms with van der Waals surface area (Å²) in [5.74, 6) is 0.0233. The molecule has 1 fully saturated rings. The molecule has 5 rings (SSSR count). The Morgan fingerprint density at radius 1 is 1.16 bits per heavy atom. The van der Waals surface area contributed by atoms with Crippen molar-refractivity contribution >= 4 is 22.7 Å². The fourth-order valence-corrected chi connectivity index (χ4v) is 4.90. The first-order chi connectivity index (χ1) is 15.7. The molecule has 1 amide bonds. The summed E-state index contributed by atoms with van der Waals surface area (Å²) < 4.78 is 24.3. The summed E-state index contributed by atoms with van der Waals surface area (Å²) in [6.07, 6.45) is 4.53. The number of fused-ring (bicyclic) bond motifs is 2. The fourth-order valence-electron chi connectivity index (χ4n) is 4.90. The molecule has 0 N–H and O–H groups in total. The zero-order chi connectivity index (χ0) is 21.9. The van der Waals surface area contributed by atoms with E-state index in [1.54, 1.807) is 11.0 Å². The molecule has 0 spiro atoms. The van der Waals surface area contributed by atoms with Gasteiger partial charge in [-0.2, -0.15) is 0 Å². The largest absolute Gasteiger partial charge is 0.449 e. The van der Waals surface area contributed by atoms with Crippen molar-refractivity contribution in [2.75, 3.05) is 37.7 Å². The molecule has 3 heterocycles. The Morgan fingerprint density at radius 3 is 2.88 bits per heavy atom. The zero-order valence-electron chi connectivity index (χ0n) is 18.1. The number of piperidine rings is 1. The molecule has 2 aliphatic rings. The van der Waals surface area contributed by atoms with Crippen LogP contribution in [0, 0.1) is 5.82 Å². The van der Waals surface area contributed by atoms with Gasteiger partial charge < -0.3 is 14.2 Å². The molecule has 3 aromatic rings. The molecule has 2 aliphatic heterocycles. The Labute approximate surface area is 186 Å². The normalized spacial score (nSPS) is 17.5. The van der Waals surface area contributed by atoms with Crippen LogP contribution >= 0.6 is 0 Å². The van der Waals surface area contributed by atoms with Crippen molar-refractivity contribution in [2.24, 2.45) is 0 Å². The van der Waals surface area contributed by atoms with Gasteiger partial charge in [-0.15, -0.1) is 0 Å². The second-order valence-electron chi connectivity index (χ2n) is 8.68. The molecular formula is C25H28FN3O3. The number of hydrogen-bond donors (Lipinski definition) is 0. The second kappa shape index (κ2) is 9.28. The van der Waals surface area contributed by atoms with Crippen LogP contribution in [-0.2, 0) is 11.2 Å². The number of carbonyl (C=O) groups is 1. The zero-order valence-corrected chi connectivity index (χ0v) is 18.1. The predicted molar refractivity (Wildman–Crippen MR) is 120 cm³/mol. The van der Waals surface area contributed by atoms with Crippen LogP contribution in [0.5, 0.6) is 0 Å². The minimum atomic E-state index is -0.305. The number of benzene rings is 2. The van der Waals surface area contributed by atoms with Gasteiger partial charge in [0.05, 0.1) is 18.0 Å². The number of nitrogens with zero attached hydrogens (tertiary/aromatic N) is 3. The number of rotatable bonds is 5. The summed E-state index contributed by atoms with van der Waals surface area (Å²) in [7, 11) is 0. The summed E-state index contributed by atoms with van der Waals surface area (Å²) in [5, 5.41) is 5.13. The number of anilines is 1. The van der Waals surface area contributed by atoms with Crippen LogP contribution in [-0.4, -0.2) is 48.9 Å². The predicted octanol–water partition coefficient (Wildman–Crippen LogP) is 5.13. The van der Waals surface area contributed by atoms with Gasteiger partial charge >= 0.3 is 6.09 Å². The van der Waals surface area contributed by atoms with Crippen LogP contribution in [0.4, 0.5) is 14.9 Å². The lowest BCUT2D eigenvalue weighted by molar-refractivity contribution is 0.139. The minimum Gasteiger partial charge on any atom is -0.449 e. The first kappa shape index (κ1) is 20.9. The molecule has 168 valence electrons. The van der Waals surface area contributed by atoms with Gasteiger partial charge in [0.1, 0.15) is 5.82 Å². The van der Waals surface area contributed by atoms with E-state index in [-0.39, 0.29) is 11.9 Å². The number of ether oxygens (including phenoxy) is 1. The topological polar surface area (TPSA) is 58.8 Å². The van der Waals surface area contributed by atoms with E-state index < -0.39 is 0 Å². The number of para-hydroxylation sites is 1. The molecule has 32 heavy (non-hydrogen) atoms. The average molecular weight is 438 g/mol. The lowest BCUT2D eigenvalue weighted by atomic mass is 9.91. The van der Waals surface area contributed by atoms with Gasteiger partial charge in [-0.1, -0.05) is 23.4 Å². The number of carbonyl (C=O) groups excluding carboxylic acids is 1. The van der Waals surface area contributed by atoms with Crippen LogP contribution in [0.1, 0.15) is 42.9 Å². The lowest BCUT2D eigenvalue weighted by Crippen LogP contribution is -2.37. The maximum atomic E-state index is 13.4. The van der Waals surface area contributed by atoms with E-state index in [0.29, 0.717) is 24.7 Å². The molecule has 7 heteroatoms. The molecule has 1 saturated heterocycles. The Hall–Kier alpha value is -2.93. The average Bonchev–Trinajstić information content (AvgIpc) is 3.24. The van der Waals surface area contributed by atoms with Gasteiger partial charge in [-0.25, -0.2) is 9.18 Å². The number of hydrogen-bond acceptors (Lipinski definition) is 5. The first-order valence-electron chi connectivity index (χ1n) is 11.5. The van der Waals surface area contributed by atoms with Crippen molar-refractivity contribution < 1.29 is 18.4 Å². The number of amides is 1. The van der Waals surface area contributed by atoms with Gasteiger partial charge in [-0.3, -0.25) is 4.90 Å². The van der Waals surface area contributed by atoms with Gasteiger partial charge in [-0.05, 0) is 69.0 Å². The first-order valence-corrected chi connectivity index (χ1v) is 11.5. The van der Waals surface area contributed by atoms with Crippen molar-refractivity contribution in [3.8, 4) is 0 Å². The molecular weight excluding hydrogens is 409 g/mol. The third kappa shape index (κ3) is 4.35. The van der Waals surface area contributed by atoms with E-state index in [2.05, 4.69) is 16.1 Å². The quantitative estimate of drug-likeness (QED) is 0.518. The van der Waals surface area contributed by atoms with E-state index in [0.717, 1.165) is 68.5 Å². The Balaban J connectivity index is 1.07. The molecule has 0 radical (unpaired) electrons. The summed E-state index contributed by atoms with van der Waals surface area (Å²) in [5.41, 5.74) is 3.65. The van der Waals surface area contributed by atoms with Crippen molar-refractivity contribution in [2.45, 2.75) is 38.0 Å². The van der Waals surface area contributed by atoms with Crippen LogP contribution in [0.15, 0.2) is 47.0 Å². The SMILES string of the molecule is O=C(OCCCN1CCC(c2noc3cc(F)ccc23)CC1)N1CCCc2ccccc21. The molecule has 0 saturated carbocycles. The summed E-state index contributed by atoms with van der Waals surface area (Å²) in [6, 6.07) is 12.7. The van der Waals surface area contributed by atoms with Crippen LogP contribution in [0.2, 0.25) is 0 Å². The van der Waals surface area contributed by atoms with Crippen molar-refractivity contribution in [1.29, 1.82) is 0 Å². The molecule has 2 aromatic carbocycles. The third-order valence-corrected chi connectivity index (χ3v) is 6.61. The van der Waals surface area contributed by atoms with E-state index >= 15 is 0 Å². The van der Waals surface area contributed by atoms with Gasteiger partial charge in [0.15, 0.2) is 5.58 Å². The molecule has 1 aromatic heterocycles. The Morgan fingerprint density at radius 2 is 2.00 bits per heavy atom. The molecule has 0 atom stereocenters. The monoisotopic (exact) mass is 437 g/mol.